The number of thioether (sulfide) groups is 1. The van der Waals surface area contributed by atoms with Crippen molar-refractivity contribution in [2.24, 2.45) is 4.99 Å². The van der Waals surface area contributed by atoms with Gasteiger partial charge in [-0.05, 0) is 30.0 Å². The molecule has 2 aliphatic heterocycles. The minimum atomic E-state index is 0.734. The lowest BCUT2D eigenvalue weighted by Gasteiger charge is -2.38. The van der Waals surface area contributed by atoms with Crippen LogP contribution in [0.1, 0.15) is 5.56 Å². The Morgan fingerprint density at radius 1 is 1.00 bits per heavy atom. The number of rotatable bonds is 2. The van der Waals surface area contributed by atoms with Gasteiger partial charge in [0.2, 0.25) is 0 Å². The molecule has 0 spiro atoms. The third-order valence-electron chi connectivity index (χ3n) is 4.40. The molecule has 124 valence electrons. The number of amidine groups is 1. The topological polar surface area (TPSA) is 41.0 Å². The van der Waals surface area contributed by atoms with Gasteiger partial charge >= 0.3 is 0 Å². The summed E-state index contributed by atoms with van der Waals surface area (Å²) in [5, 5.41) is 2.19. The fourth-order valence-corrected chi connectivity index (χ4v) is 4.09. The number of hydrogen-bond donors (Lipinski definition) is 0. The van der Waals surface area contributed by atoms with E-state index in [2.05, 4.69) is 33.0 Å². The van der Waals surface area contributed by atoms with E-state index < -0.39 is 0 Å². The summed E-state index contributed by atoms with van der Waals surface area (Å²) in [6.07, 6.45) is 1.86. The lowest BCUT2D eigenvalue weighted by atomic mass is 10.2. The summed E-state index contributed by atoms with van der Waals surface area (Å²) in [6, 6.07) is 12.3. The molecular weight excluding hydrogens is 320 g/mol. The minimum Gasteiger partial charge on any atom is -0.495 e. The average molecular weight is 340 g/mol. The highest BCUT2D eigenvalue weighted by atomic mass is 32.2. The molecule has 0 amide bonds. The van der Waals surface area contributed by atoms with Crippen LogP contribution in [0.25, 0.3) is 0 Å². The first-order valence-corrected chi connectivity index (χ1v) is 8.96. The summed E-state index contributed by atoms with van der Waals surface area (Å²) in [5.74, 6) is 0.938. The van der Waals surface area contributed by atoms with Crippen LogP contribution in [-0.4, -0.2) is 48.3 Å². The van der Waals surface area contributed by atoms with E-state index >= 15 is 0 Å². The number of para-hydroxylation sites is 2. The monoisotopic (exact) mass is 340 g/mol. The summed E-state index contributed by atoms with van der Waals surface area (Å²) >= 11 is 1.69. The Hall–Kier alpha value is -2.21. The molecule has 0 bridgehead atoms. The molecule has 1 aromatic heterocycles. The first-order valence-electron chi connectivity index (χ1n) is 8.14. The Kier molecular flexibility index (Phi) is 4.30. The molecule has 1 aromatic carbocycles. The van der Waals surface area contributed by atoms with Crippen LogP contribution in [0, 0.1) is 0 Å². The molecule has 0 unspecified atom stereocenters. The zero-order valence-corrected chi connectivity index (χ0v) is 14.5. The number of aromatic nitrogens is 1. The molecule has 0 radical (unpaired) electrons. The molecule has 2 aromatic rings. The number of pyridine rings is 1. The fraction of sp³-hybridized carbons (Fsp3) is 0.333. The molecule has 0 saturated carbocycles. The van der Waals surface area contributed by atoms with E-state index in [1.807, 2.05) is 24.4 Å². The second kappa shape index (κ2) is 6.73. The third kappa shape index (κ3) is 2.94. The van der Waals surface area contributed by atoms with E-state index in [1.165, 1.54) is 11.3 Å². The van der Waals surface area contributed by atoms with Crippen molar-refractivity contribution in [2.45, 2.75) is 11.6 Å². The number of benzene rings is 1. The lowest BCUT2D eigenvalue weighted by molar-refractivity contribution is 0.381. The van der Waals surface area contributed by atoms with Gasteiger partial charge in [-0.25, -0.2) is 4.98 Å². The lowest BCUT2D eigenvalue weighted by Crippen LogP contribution is -2.48. The molecule has 24 heavy (non-hydrogen) atoms. The van der Waals surface area contributed by atoms with E-state index in [-0.39, 0.29) is 0 Å². The summed E-state index contributed by atoms with van der Waals surface area (Å²) in [7, 11) is 1.73. The Morgan fingerprint density at radius 2 is 1.79 bits per heavy atom. The van der Waals surface area contributed by atoms with Gasteiger partial charge in [-0.15, -0.1) is 0 Å². The van der Waals surface area contributed by atoms with Crippen molar-refractivity contribution in [3.8, 4) is 5.75 Å². The van der Waals surface area contributed by atoms with E-state index in [1.54, 1.807) is 18.9 Å². The van der Waals surface area contributed by atoms with Crippen molar-refractivity contribution in [1.82, 2.24) is 9.88 Å². The molecule has 1 fully saturated rings. The zero-order chi connectivity index (χ0) is 16.4. The first-order chi connectivity index (χ1) is 11.8. The number of piperazine rings is 1. The fourth-order valence-electron chi connectivity index (χ4n) is 3.10. The minimum absolute atomic E-state index is 0.734. The highest BCUT2D eigenvalue weighted by Gasteiger charge is 2.24. The average Bonchev–Trinajstić information content (AvgIpc) is 2.67. The Morgan fingerprint density at radius 3 is 2.62 bits per heavy atom. The smallest absolute Gasteiger partial charge is 0.166 e. The molecule has 4 rings (SSSR count). The van der Waals surface area contributed by atoms with Crippen LogP contribution in [0.3, 0.4) is 0 Å². The van der Waals surface area contributed by atoms with Crippen LogP contribution in [0.5, 0.6) is 5.75 Å². The SMILES string of the molecule is COc1ccccc1N1CCN(C2=NCc3cccnc3S2)CC1. The normalized spacial score (nSPS) is 17.3. The van der Waals surface area contributed by atoms with Crippen LogP contribution in [0.15, 0.2) is 52.6 Å². The third-order valence-corrected chi connectivity index (χ3v) is 5.53. The number of anilines is 1. The zero-order valence-electron chi connectivity index (χ0n) is 13.7. The molecular formula is C18H20N4OS. The van der Waals surface area contributed by atoms with Crippen LogP contribution >= 0.6 is 11.8 Å². The van der Waals surface area contributed by atoms with Gasteiger partial charge in [0.1, 0.15) is 10.8 Å². The van der Waals surface area contributed by atoms with Crippen molar-refractivity contribution in [3.05, 3.63) is 48.2 Å². The molecule has 1 saturated heterocycles. The Labute approximate surface area is 146 Å². The van der Waals surface area contributed by atoms with Gasteiger partial charge in [-0.3, -0.25) is 4.99 Å². The number of hydrogen-bond acceptors (Lipinski definition) is 6. The number of ether oxygens (including phenoxy) is 1. The molecule has 0 N–H and O–H groups in total. The molecule has 3 heterocycles. The van der Waals surface area contributed by atoms with Crippen molar-refractivity contribution in [1.29, 1.82) is 0 Å². The quantitative estimate of drug-likeness (QED) is 0.841. The van der Waals surface area contributed by atoms with Crippen LogP contribution < -0.4 is 9.64 Å². The van der Waals surface area contributed by atoms with E-state index in [4.69, 9.17) is 9.73 Å². The second-order valence-corrected chi connectivity index (χ2v) is 6.77. The van der Waals surface area contributed by atoms with E-state index in [9.17, 15) is 0 Å². The first kappa shape index (κ1) is 15.3. The van der Waals surface area contributed by atoms with Gasteiger partial charge in [0.15, 0.2) is 5.17 Å². The second-order valence-electron chi connectivity index (χ2n) is 5.81. The van der Waals surface area contributed by atoms with Crippen LogP contribution in [0.2, 0.25) is 0 Å². The van der Waals surface area contributed by atoms with Gasteiger partial charge in [-0.1, -0.05) is 18.2 Å². The maximum absolute atomic E-state index is 5.49. The van der Waals surface area contributed by atoms with Crippen LogP contribution in [0.4, 0.5) is 5.69 Å². The molecule has 0 aliphatic carbocycles. The molecule has 5 nitrogen and oxygen atoms in total. The summed E-state index contributed by atoms with van der Waals surface area (Å²) in [4.78, 5) is 14.0. The number of methoxy groups -OCH3 is 1. The molecule has 6 heteroatoms. The van der Waals surface area contributed by atoms with Gasteiger partial charge in [0, 0.05) is 37.9 Å². The van der Waals surface area contributed by atoms with Crippen molar-refractivity contribution < 1.29 is 4.74 Å². The Bertz CT molecular complexity index is 756. The predicted octanol–water partition coefficient (Wildman–Crippen LogP) is 2.87. The highest BCUT2D eigenvalue weighted by molar-refractivity contribution is 8.13. The van der Waals surface area contributed by atoms with Crippen molar-refractivity contribution >= 4 is 22.6 Å². The summed E-state index contributed by atoms with van der Waals surface area (Å²) in [6.45, 7) is 4.60. The van der Waals surface area contributed by atoms with Crippen LogP contribution in [-0.2, 0) is 6.54 Å². The number of nitrogens with zero attached hydrogens (tertiary/aromatic N) is 4. The van der Waals surface area contributed by atoms with Gasteiger partial charge in [0.05, 0.1) is 19.3 Å². The molecule has 0 atom stereocenters. The van der Waals surface area contributed by atoms with E-state index in [0.717, 1.165) is 48.7 Å². The molecule has 2 aliphatic rings. The maximum Gasteiger partial charge on any atom is 0.166 e. The standard InChI is InChI=1S/C18H20N4OS/c1-23-16-7-3-2-6-15(16)21-9-11-22(12-10-21)18-20-13-14-5-4-8-19-17(14)24-18/h2-8H,9-13H2,1H3. The van der Waals surface area contributed by atoms with Crippen molar-refractivity contribution in [3.63, 3.8) is 0 Å². The highest BCUT2D eigenvalue weighted by Crippen LogP contribution is 2.31. The van der Waals surface area contributed by atoms with Gasteiger partial charge in [-0.2, -0.15) is 0 Å². The van der Waals surface area contributed by atoms with E-state index in [0.29, 0.717) is 0 Å². The van der Waals surface area contributed by atoms with Gasteiger partial charge in [0.25, 0.3) is 0 Å². The summed E-state index contributed by atoms with van der Waals surface area (Å²) in [5.41, 5.74) is 2.39. The van der Waals surface area contributed by atoms with Crippen molar-refractivity contribution in [2.75, 3.05) is 38.2 Å². The Balaban J connectivity index is 1.43. The number of fused-ring (bicyclic) bond motifs is 1. The summed E-state index contributed by atoms with van der Waals surface area (Å²) < 4.78 is 5.49. The largest absolute Gasteiger partial charge is 0.495 e. The maximum atomic E-state index is 5.49. The number of aliphatic imine (C=N–C) groups is 1. The predicted molar refractivity (Wildman–Crippen MR) is 98.0 cm³/mol. The van der Waals surface area contributed by atoms with Gasteiger partial charge < -0.3 is 14.5 Å².